The molecular formula is C10H20N2O3S. The van der Waals surface area contributed by atoms with Crippen molar-refractivity contribution in [3.05, 3.63) is 0 Å². The fraction of sp³-hybridized carbons (Fsp3) is 0.900. The summed E-state index contributed by atoms with van der Waals surface area (Å²) in [7, 11) is -2.93. The van der Waals surface area contributed by atoms with Crippen LogP contribution in [0.15, 0.2) is 0 Å². The zero-order valence-electron chi connectivity index (χ0n) is 9.77. The number of nitrogens with two attached hydrogens (primary N) is 1. The van der Waals surface area contributed by atoms with Gasteiger partial charge in [-0.1, -0.05) is 13.8 Å². The van der Waals surface area contributed by atoms with E-state index in [1.165, 1.54) is 0 Å². The van der Waals surface area contributed by atoms with E-state index in [4.69, 9.17) is 5.73 Å². The molecule has 1 saturated heterocycles. The average Bonchev–Trinajstić information content (AvgIpc) is 2.44. The third-order valence-electron chi connectivity index (χ3n) is 2.87. The Morgan fingerprint density at radius 1 is 1.50 bits per heavy atom. The lowest BCUT2D eigenvalue weighted by Gasteiger charge is -2.17. The number of carbonyl (C=O) groups excluding carboxylic acids is 1. The van der Waals surface area contributed by atoms with Crippen LogP contribution in [0.25, 0.3) is 0 Å². The Morgan fingerprint density at radius 2 is 2.12 bits per heavy atom. The maximum atomic E-state index is 11.5. The number of nitrogens with one attached hydrogen (secondary N) is 1. The van der Waals surface area contributed by atoms with Crippen LogP contribution in [-0.4, -0.2) is 37.9 Å². The van der Waals surface area contributed by atoms with E-state index in [1.54, 1.807) is 0 Å². The predicted octanol–water partition coefficient (Wildman–Crippen LogP) is -0.337. The van der Waals surface area contributed by atoms with Gasteiger partial charge in [-0.3, -0.25) is 4.79 Å². The molecule has 0 radical (unpaired) electrons. The fourth-order valence-electron chi connectivity index (χ4n) is 1.65. The number of carbonyl (C=O) groups is 1. The molecule has 3 N–H and O–H groups in total. The van der Waals surface area contributed by atoms with Crippen molar-refractivity contribution in [3.8, 4) is 0 Å². The van der Waals surface area contributed by atoms with Gasteiger partial charge in [-0.05, 0) is 12.3 Å². The van der Waals surface area contributed by atoms with Crippen LogP contribution in [0.4, 0.5) is 0 Å². The minimum Gasteiger partial charge on any atom is -0.352 e. The predicted molar refractivity (Wildman–Crippen MR) is 62.6 cm³/mol. The van der Waals surface area contributed by atoms with Crippen LogP contribution in [0.1, 0.15) is 26.7 Å². The van der Waals surface area contributed by atoms with E-state index in [0.29, 0.717) is 6.42 Å². The molecule has 1 heterocycles. The van der Waals surface area contributed by atoms with Crippen LogP contribution in [0.3, 0.4) is 0 Å². The van der Waals surface area contributed by atoms with Gasteiger partial charge in [-0.15, -0.1) is 0 Å². The van der Waals surface area contributed by atoms with Crippen LogP contribution in [0.2, 0.25) is 0 Å². The quantitative estimate of drug-likeness (QED) is 0.712. The van der Waals surface area contributed by atoms with Crippen molar-refractivity contribution < 1.29 is 13.2 Å². The topological polar surface area (TPSA) is 89.3 Å². The Balaban J connectivity index is 2.36. The molecule has 1 aliphatic heterocycles. The highest BCUT2D eigenvalue weighted by molar-refractivity contribution is 7.91. The lowest BCUT2D eigenvalue weighted by molar-refractivity contribution is -0.122. The molecule has 2 unspecified atom stereocenters. The van der Waals surface area contributed by atoms with E-state index in [-0.39, 0.29) is 41.8 Å². The third-order valence-corrected chi connectivity index (χ3v) is 4.64. The highest BCUT2D eigenvalue weighted by Gasteiger charge is 2.29. The summed E-state index contributed by atoms with van der Waals surface area (Å²) in [5.74, 6) is 0.338. The van der Waals surface area contributed by atoms with E-state index in [9.17, 15) is 13.2 Å². The normalized spacial score (nSPS) is 25.6. The van der Waals surface area contributed by atoms with Gasteiger partial charge in [0.1, 0.15) is 0 Å². The summed E-state index contributed by atoms with van der Waals surface area (Å²) in [6.07, 6.45) is 0.777. The summed E-state index contributed by atoms with van der Waals surface area (Å²) in [5.41, 5.74) is 5.77. The first-order chi connectivity index (χ1) is 7.30. The van der Waals surface area contributed by atoms with E-state index in [0.717, 1.165) is 0 Å². The number of hydrogen-bond donors (Lipinski definition) is 2. The summed E-state index contributed by atoms with van der Waals surface area (Å²) >= 11 is 0. The van der Waals surface area contributed by atoms with E-state index in [1.807, 2.05) is 13.8 Å². The van der Waals surface area contributed by atoms with Crippen molar-refractivity contribution in [3.63, 3.8) is 0 Å². The summed E-state index contributed by atoms with van der Waals surface area (Å²) in [6, 6.07) is -0.394. The van der Waals surface area contributed by atoms with Crippen molar-refractivity contribution in [2.75, 3.05) is 11.5 Å². The van der Waals surface area contributed by atoms with Gasteiger partial charge in [-0.2, -0.15) is 0 Å². The molecular weight excluding hydrogens is 228 g/mol. The van der Waals surface area contributed by atoms with E-state index in [2.05, 4.69) is 5.32 Å². The lowest BCUT2D eigenvalue weighted by Crippen LogP contribution is -2.40. The van der Waals surface area contributed by atoms with Gasteiger partial charge in [-0.25, -0.2) is 8.42 Å². The molecule has 0 aromatic carbocycles. The molecule has 1 fully saturated rings. The lowest BCUT2D eigenvalue weighted by atomic mass is 10.0. The first kappa shape index (κ1) is 13.4. The molecule has 0 aliphatic carbocycles. The van der Waals surface area contributed by atoms with Crippen molar-refractivity contribution in [1.29, 1.82) is 0 Å². The Morgan fingerprint density at radius 3 is 2.56 bits per heavy atom. The Kier molecular flexibility index (Phi) is 4.32. The second kappa shape index (κ2) is 5.14. The first-order valence-electron chi connectivity index (χ1n) is 5.55. The van der Waals surface area contributed by atoms with Crippen molar-refractivity contribution >= 4 is 15.7 Å². The number of rotatable bonds is 4. The minimum atomic E-state index is -2.93. The van der Waals surface area contributed by atoms with Crippen LogP contribution >= 0.6 is 0 Å². The Hall–Kier alpha value is -0.620. The summed E-state index contributed by atoms with van der Waals surface area (Å²) < 4.78 is 22.4. The standard InChI is InChI=1S/C10H20N2O3S/c1-7(2)9(11)5-10(13)12-8-3-4-16(14,15)6-8/h7-9H,3-6,11H2,1-2H3,(H,12,13). The van der Waals surface area contributed by atoms with Gasteiger partial charge in [0.2, 0.25) is 5.91 Å². The van der Waals surface area contributed by atoms with Gasteiger partial charge in [0.15, 0.2) is 9.84 Å². The summed E-state index contributed by atoms with van der Waals surface area (Å²) in [4.78, 5) is 11.5. The molecule has 16 heavy (non-hydrogen) atoms. The monoisotopic (exact) mass is 248 g/mol. The fourth-order valence-corrected chi connectivity index (χ4v) is 3.32. The zero-order valence-corrected chi connectivity index (χ0v) is 10.6. The van der Waals surface area contributed by atoms with Crippen molar-refractivity contribution in [2.45, 2.75) is 38.8 Å². The average molecular weight is 248 g/mol. The molecule has 2 atom stereocenters. The van der Waals surface area contributed by atoms with Crippen LogP contribution in [-0.2, 0) is 14.6 Å². The van der Waals surface area contributed by atoms with Crippen molar-refractivity contribution in [2.24, 2.45) is 11.7 Å². The number of hydrogen-bond acceptors (Lipinski definition) is 4. The van der Waals surface area contributed by atoms with E-state index >= 15 is 0 Å². The smallest absolute Gasteiger partial charge is 0.221 e. The molecule has 94 valence electrons. The summed E-state index contributed by atoms with van der Waals surface area (Å²) in [5, 5.41) is 2.72. The molecule has 1 aliphatic rings. The van der Waals surface area contributed by atoms with Crippen molar-refractivity contribution in [1.82, 2.24) is 5.32 Å². The highest BCUT2D eigenvalue weighted by Crippen LogP contribution is 2.12. The molecule has 1 rings (SSSR count). The third kappa shape index (κ3) is 4.09. The second-order valence-corrected chi connectivity index (χ2v) is 7.01. The SMILES string of the molecule is CC(C)C(N)CC(=O)NC1CCS(=O)(=O)C1. The Bertz CT molecular complexity index is 351. The van der Waals surface area contributed by atoms with Gasteiger partial charge >= 0.3 is 0 Å². The van der Waals surface area contributed by atoms with Gasteiger partial charge in [0.25, 0.3) is 0 Å². The zero-order chi connectivity index (χ0) is 12.3. The molecule has 0 bridgehead atoms. The number of sulfone groups is 1. The van der Waals surface area contributed by atoms with Crippen LogP contribution in [0.5, 0.6) is 0 Å². The molecule has 0 spiro atoms. The minimum absolute atomic E-state index is 0.0651. The summed E-state index contributed by atoms with van der Waals surface area (Å²) in [6.45, 7) is 3.91. The second-order valence-electron chi connectivity index (χ2n) is 4.78. The Labute approximate surface area is 96.7 Å². The molecule has 0 saturated carbocycles. The molecule has 6 heteroatoms. The van der Waals surface area contributed by atoms with Crippen LogP contribution in [0, 0.1) is 5.92 Å². The van der Waals surface area contributed by atoms with Gasteiger partial charge in [0.05, 0.1) is 11.5 Å². The van der Waals surface area contributed by atoms with Crippen LogP contribution < -0.4 is 11.1 Å². The highest BCUT2D eigenvalue weighted by atomic mass is 32.2. The molecule has 0 aromatic heterocycles. The van der Waals surface area contributed by atoms with Gasteiger partial charge in [0, 0.05) is 18.5 Å². The molecule has 0 aromatic rings. The largest absolute Gasteiger partial charge is 0.352 e. The maximum Gasteiger partial charge on any atom is 0.221 e. The first-order valence-corrected chi connectivity index (χ1v) is 7.37. The molecule has 5 nitrogen and oxygen atoms in total. The van der Waals surface area contributed by atoms with Gasteiger partial charge < -0.3 is 11.1 Å². The molecule has 1 amide bonds. The maximum absolute atomic E-state index is 11.5. The number of amides is 1. The van der Waals surface area contributed by atoms with E-state index < -0.39 is 9.84 Å².